The molecule has 0 N–H and O–H groups in total. The van der Waals surface area contributed by atoms with Crippen molar-refractivity contribution in [2.24, 2.45) is 0 Å². The zero-order valence-corrected chi connectivity index (χ0v) is 30.6. The minimum atomic E-state index is -1.70. The minimum absolute atomic E-state index is 0.191. The van der Waals surface area contributed by atoms with E-state index in [2.05, 4.69) is 86.8 Å². The summed E-state index contributed by atoms with van der Waals surface area (Å²) in [5.41, 5.74) is 0. The molecular formula is C42H69NO4. The van der Waals surface area contributed by atoms with E-state index in [4.69, 9.17) is 9.47 Å². The molecule has 1 aliphatic heterocycles. The molecule has 47 heavy (non-hydrogen) atoms. The van der Waals surface area contributed by atoms with Gasteiger partial charge in [0.25, 0.3) is 5.79 Å². The van der Waals surface area contributed by atoms with Crippen LogP contribution >= 0.6 is 0 Å². The fourth-order valence-corrected chi connectivity index (χ4v) is 5.60. The van der Waals surface area contributed by atoms with Gasteiger partial charge in [0.05, 0.1) is 12.7 Å². The van der Waals surface area contributed by atoms with Crippen LogP contribution in [0, 0.1) is 0 Å². The quantitative estimate of drug-likeness (QED) is 0.0439. The Labute approximate surface area is 289 Å². The number of unbranched alkanes of at least 4 members (excludes halogenated alkanes) is 10. The molecule has 266 valence electrons. The average molecular weight is 652 g/mol. The predicted molar refractivity (Wildman–Crippen MR) is 201 cm³/mol. The van der Waals surface area contributed by atoms with E-state index in [0.717, 1.165) is 103 Å². The first-order chi connectivity index (χ1) is 23.0. The summed E-state index contributed by atoms with van der Waals surface area (Å²) in [6, 6.07) is 0. The number of likely N-dealkylation sites (N-methyl/N-ethyl adjacent to an activating group) is 1. The maximum absolute atomic E-state index is 13.4. The van der Waals surface area contributed by atoms with Crippen LogP contribution in [0.4, 0.5) is 0 Å². The Morgan fingerprint density at radius 3 is 1.38 bits per heavy atom. The summed E-state index contributed by atoms with van der Waals surface area (Å²) in [5, 5.41) is 0. The van der Waals surface area contributed by atoms with Crippen molar-refractivity contribution in [1.82, 2.24) is 4.90 Å². The number of rotatable bonds is 30. The lowest BCUT2D eigenvalue weighted by molar-refractivity contribution is -0.192. The van der Waals surface area contributed by atoms with Gasteiger partial charge in [0, 0.05) is 19.4 Å². The molecule has 0 aliphatic carbocycles. The van der Waals surface area contributed by atoms with E-state index < -0.39 is 5.79 Å². The van der Waals surface area contributed by atoms with Gasteiger partial charge < -0.3 is 14.4 Å². The molecule has 1 rings (SSSR count). The Hall–Kier alpha value is -2.34. The molecule has 1 heterocycles. The van der Waals surface area contributed by atoms with Crippen LogP contribution in [0.25, 0.3) is 0 Å². The van der Waals surface area contributed by atoms with Crippen LogP contribution in [0.3, 0.4) is 0 Å². The lowest BCUT2D eigenvalue weighted by Crippen LogP contribution is -2.48. The van der Waals surface area contributed by atoms with E-state index in [9.17, 15) is 9.59 Å². The molecule has 0 saturated carbocycles. The molecule has 1 unspecified atom stereocenters. The SMILES string of the molecule is CC/C=C\C/C=C\C/C=C\CCCCCCCC(=O)C1(C(=O)CCCCCCC/C=C\C/C=C\C/C=C\CC)OCC(CN(C)C)O1. The van der Waals surface area contributed by atoms with Crippen molar-refractivity contribution in [3.8, 4) is 0 Å². The molecule has 0 amide bonds. The second-order valence-corrected chi connectivity index (χ2v) is 13.0. The van der Waals surface area contributed by atoms with Crippen molar-refractivity contribution >= 4 is 11.6 Å². The summed E-state index contributed by atoms with van der Waals surface area (Å²) in [4.78, 5) is 28.8. The maximum Gasteiger partial charge on any atom is 0.290 e. The Bertz CT molecular complexity index is 907. The third kappa shape index (κ3) is 22.0. The number of nitrogens with zero attached hydrogens (tertiary/aromatic N) is 1. The number of hydrogen-bond donors (Lipinski definition) is 0. The molecule has 0 aromatic rings. The molecule has 5 nitrogen and oxygen atoms in total. The number of allylic oxidation sites excluding steroid dienone is 12. The van der Waals surface area contributed by atoms with Gasteiger partial charge in [-0.1, -0.05) is 125 Å². The van der Waals surface area contributed by atoms with Gasteiger partial charge >= 0.3 is 0 Å². The summed E-state index contributed by atoms with van der Waals surface area (Å²) in [5.74, 6) is -2.08. The number of hydrogen-bond acceptors (Lipinski definition) is 5. The highest BCUT2D eigenvalue weighted by molar-refractivity contribution is 6.09. The highest BCUT2D eigenvalue weighted by atomic mass is 16.8. The van der Waals surface area contributed by atoms with Gasteiger partial charge in [-0.25, -0.2) is 0 Å². The smallest absolute Gasteiger partial charge is 0.290 e. The topological polar surface area (TPSA) is 55.8 Å². The summed E-state index contributed by atoms with van der Waals surface area (Å²) in [6.07, 6.45) is 45.9. The third-order valence-electron chi connectivity index (χ3n) is 8.22. The Morgan fingerprint density at radius 1 is 0.574 bits per heavy atom. The first-order valence-corrected chi connectivity index (χ1v) is 18.9. The zero-order chi connectivity index (χ0) is 34.3. The number of ether oxygens (including phenoxy) is 2. The molecule has 0 aromatic heterocycles. The second kappa shape index (κ2) is 29.8. The highest BCUT2D eigenvalue weighted by Gasteiger charge is 2.53. The fraction of sp³-hybridized carbons (Fsp3) is 0.667. The van der Waals surface area contributed by atoms with Gasteiger partial charge in [-0.2, -0.15) is 0 Å². The Morgan fingerprint density at radius 2 is 0.957 bits per heavy atom. The van der Waals surface area contributed by atoms with E-state index in [-0.39, 0.29) is 24.3 Å². The van der Waals surface area contributed by atoms with Crippen molar-refractivity contribution in [2.45, 2.75) is 154 Å². The van der Waals surface area contributed by atoms with E-state index in [1.165, 1.54) is 12.8 Å². The van der Waals surface area contributed by atoms with Gasteiger partial charge in [-0.05, 0) is 91.1 Å². The molecule has 5 heteroatoms. The number of ketones is 2. The lowest BCUT2D eigenvalue weighted by Gasteiger charge is -2.26. The molecule has 0 radical (unpaired) electrons. The fourth-order valence-electron chi connectivity index (χ4n) is 5.60. The molecular weight excluding hydrogens is 582 g/mol. The maximum atomic E-state index is 13.4. The number of Topliss-reactive ketones (excluding diaryl/α,β-unsaturated/α-hetero) is 2. The predicted octanol–water partition coefficient (Wildman–Crippen LogP) is 11.0. The molecule has 1 saturated heterocycles. The zero-order valence-electron chi connectivity index (χ0n) is 30.6. The van der Waals surface area contributed by atoms with Gasteiger partial charge in [0.2, 0.25) is 0 Å². The molecule has 0 bridgehead atoms. The van der Waals surface area contributed by atoms with Gasteiger partial charge in [0.1, 0.15) is 0 Å². The van der Waals surface area contributed by atoms with Crippen molar-refractivity contribution in [2.75, 3.05) is 27.2 Å². The third-order valence-corrected chi connectivity index (χ3v) is 8.22. The first kappa shape index (κ1) is 42.7. The minimum Gasteiger partial charge on any atom is -0.335 e. The van der Waals surface area contributed by atoms with Crippen LogP contribution in [0.1, 0.15) is 142 Å². The molecule has 0 aromatic carbocycles. The normalized spacial score (nSPS) is 17.0. The van der Waals surface area contributed by atoms with Crippen LogP contribution in [-0.4, -0.2) is 55.6 Å². The Balaban J connectivity index is 2.31. The van der Waals surface area contributed by atoms with Crippen molar-refractivity contribution in [3.63, 3.8) is 0 Å². The van der Waals surface area contributed by atoms with Crippen molar-refractivity contribution in [1.29, 1.82) is 0 Å². The van der Waals surface area contributed by atoms with Gasteiger partial charge in [-0.15, -0.1) is 0 Å². The van der Waals surface area contributed by atoms with Gasteiger partial charge in [0.15, 0.2) is 11.6 Å². The second-order valence-electron chi connectivity index (χ2n) is 13.0. The monoisotopic (exact) mass is 652 g/mol. The lowest BCUT2D eigenvalue weighted by atomic mass is 9.96. The molecule has 0 spiro atoms. The summed E-state index contributed by atoms with van der Waals surface area (Å²) in [6.45, 7) is 5.22. The number of carbonyl (C=O) groups excluding carboxylic acids is 2. The van der Waals surface area contributed by atoms with E-state index >= 15 is 0 Å². The number of carbonyl (C=O) groups is 2. The van der Waals surface area contributed by atoms with Gasteiger partial charge in [-0.3, -0.25) is 9.59 Å². The average Bonchev–Trinajstić information content (AvgIpc) is 3.49. The largest absolute Gasteiger partial charge is 0.335 e. The molecule has 1 aliphatic rings. The van der Waals surface area contributed by atoms with Crippen LogP contribution < -0.4 is 0 Å². The van der Waals surface area contributed by atoms with E-state index in [1.54, 1.807) is 0 Å². The standard InChI is InChI=1S/C42H69NO4/c1-5-7-9-11-13-15-17-19-21-23-25-27-29-31-33-35-40(44)42(46-38-39(47-42)37-43(3)4)41(45)36-34-32-30-28-26-24-22-20-18-16-14-12-10-8-6-2/h7-10,13-16,19-22,39H,5-6,11-12,17-18,23-38H2,1-4H3/b9-7-,10-8-,15-13-,16-14-,21-19-,22-20-. The van der Waals surface area contributed by atoms with Crippen molar-refractivity contribution < 1.29 is 19.1 Å². The van der Waals surface area contributed by atoms with Crippen molar-refractivity contribution in [3.05, 3.63) is 72.9 Å². The van der Waals surface area contributed by atoms with Crippen LogP contribution in [0.15, 0.2) is 72.9 Å². The summed E-state index contributed by atoms with van der Waals surface area (Å²) < 4.78 is 12.1. The summed E-state index contributed by atoms with van der Waals surface area (Å²) in [7, 11) is 3.93. The van der Waals surface area contributed by atoms with Crippen LogP contribution in [0.2, 0.25) is 0 Å². The van der Waals surface area contributed by atoms with Crippen LogP contribution in [-0.2, 0) is 19.1 Å². The first-order valence-electron chi connectivity index (χ1n) is 18.9. The molecule has 1 fully saturated rings. The Kier molecular flexibility index (Phi) is 27.0. The van der Waals surface area contributed by atoms with Crippen LogP contribution in [0.5, 0.6) is 0 Å². The summed E-state index contributed by atoms with van der Waals surface area (Å²) >= 11 is 0. The van der Waals surface area contributed by atoms with E-state index in [1.807, 2.05) is 19.0 Å². The van der Waals surface area contributed by atoms with E-state index in [0.29, 0.717) is 19.4 Å². The highest BCUT2D eigenvalue weighted by Crippen LogP contribution is 2.30. The molecule has 1 atom stereocenters.